The Balaban J connectivity index is 1.43. The standard InChI is InChI=1S/C31H36N2O4/c1-4-14-33-30(35)24-17-23(19(2)3)28-25(29(24)31(33)36)18-37-27(28)12-11-21(26-10-5-6-13-32-26)15-20-8-7-9-22(34)16-20/h5-10,13,15-16,19,24-25,27,29,34H,4,11-12,14,17-18H2,1-3H3/b21-15-/t24-,25+,27-,29-/m1/s1. The first kappa shape index (κ1) is 25.4. The lowest BCUT2D eigenvalue weighted by Crippen LogP contribution is -2.35. The summed E-state index contributed by atoms with van der Waals surface area (Å²) in [7, 11) is 0. The van der Waals surface area contributed by atoms with Crippen LogP contribution in [0.15, 0.2) is 59.8 Å². The monoisotopic (exact) mass is 500 g/mol. The van der Waals surface area contributed by atoms with Gasteiger partial charge >= 0.3 is 0 Å². The van der Waals surface area contributed by atoms with Crippen LogP contribution in [0.5, 0.6) is 5.75 Å². The molecule has 4 atom stereocenters. The number of hydrogen-bond donors (Lipinski definition) is 1. The lowest BCUT2D eigenvalue weighted by molar-refractivity contribution is -0.140. The topological polar surface area (TPSA) is 79.7 Å². The highest BCUT2D eigenvalue weighted by Gasteiger charge is 2.56. The van der Waals surface area contributed by atoms with Gasteiger partial charge in [0.25, 0.3) is 0 Å². The Morgan fingerprint density at radius 2 is 2.00 bits per heavy atom. The van der Waals surface area contributed by atoms with Crippen LogP contribution in [0.1, 0.15) is 57.7 Å². The molecular weight excluding hydrogens is 464 g/mol. The fourth-order valence-electron chi connectivity index (χ4n) is 6.40. The quantitative estimate of drug-likeness (QED) is 0.383. The largest absolute Gasteiger partial charge is 0.508 e. The van der Waals surface area contributed by atoms with E-state index in [0.29, 0.717) is 25.5 Å². The van der Waals surface area contributed by atoms with E-state index in [2.05, 4.69) is 24.9 Å². The van der Waals surface area contributed by atoms with Crippen molar-refractivity contribution >= 4 is 23.5 Å². The number of carbonyl (C=O) groups is 2. The van der Waals surface area contributed by atoms with E-state index in [4.69, 9.17) is 4.74 Å². The maximum Gasteiger partial charge on any atom is 0.233 e. The van der Waals surface area contributed by atoms with E-state index in [1.54, 1.807) is 18.3 Å². The van der Waals surface area contributed by atoms with Crippen LogP contribution in [-0.4, -0.2) is 46.1 Å². The summed E-state index contributed by atoms with van der Waals surface area (Å²) in [5, 5.41) is 9.95. The Kier molecular flexibility index (Phi) is 7.29. The minimum Gasteiger partial charge on any atom is -0.508 e. The van der Waals surface area contributed by atoms with E-state index in [1.807, 2.05) is 37.3 Å². The van der Waals surface area contributed by atoms with Crippen LogP contribution in [0.3, 0.4) is 0 Å². The molecule has 6 heteroatoms. The van der Waals surface area contributed by atoms with Crippen molar-refractivity contribution in [3.05, 3.63) is 71.1 Å². The molecule has 2 amide bonds. The second-order valence-corrected chi connectivity index (χ2v) is 10.7. The molecule has 5 rings (SSSR count). The molecule has 194 valence electrons. The Hall–Kier alpha value is -3.25. The highest BCUT2D eigenvalue weighted by molar-refractivity contribution is 6.06. The summed E-state index contributed by atoms with van der Waals surface area (Å²) < 4.78 is 6.40. The van der Waals surface area contributed by atoms with Gasteiger partial charge in [-0.15, -0.1) is 0 Å². The van der Waals surface area contributed by atoms with E-state index in [1.165, 1.54) is 16.0 Å². The van der Waals surface area contributed by atoms with Crippen molar-refractivity contribution in [2.45, 2.75) is 52.6 Å². The Bertz CT molecular complexity index is 1230. The summed E-state index contributed by atoms with van der Waals surface area (Å²) in [5.41, 5.74) is 5.44. The third-order valence-electron chi connectivity index (χ3n) is 8.06. The maximum absolute atomic E-state index is 13.3. The summed E-state index contributed by atoms with van der Waals surface area (Å²) in [6, 6.07) is 13.1. The number of amides is 2. The van der Waals surface area contributed by atoms with Crippen molar-refractivity contribution in [3.63, 3.8) is 0 Å². The number of benzene rings is 1. The highest BCUT2D eigenvalue weighted by atomic mass is 16.5. The molecule has 1 aromatic heterocycles. The molecule has 0 radical (unpaired) electrons. The molecule has 2 aromatic rings. The predicted molar refractivity (Wildman–Crippen MR) is 143 cm³/mol. The molecule has 1 aromatic carbocycles. The van der Waals surface area contributed by atoms with Gasteiger partial charge in [0.15, 0.2) is 0 Å². The molecule has 0 bridgehead atoms. The van der Waals surface area contributed by atoms with Crippen LogP contribution < -0.4 is 0 Å². The second kappa shape index (κ2) is 10.6. The molecule has 37 heavy (non-hydrogen) atoms. The number of ether oxygens (including phenoxy) is 1. The maximum atomic E-state index is 13.3. The van der Waals surface area contributed by atoms with Crippen molar-refractivity contribution in [2.24, 2.45) is 23.7 Å². The van der Waals surface area contributed by atoms with Crippen LogP contribution in [-0.2, 0) is 14.3 Å². The smallest absolute Gasteiger partial charge is 0.233 e. The van der Waals surface area contributed by atoms with Gasteiger partial charge in [-0.05, 0) is 78.7 Å². The van der Waals surface area contributed by atoms with Gasteiger partial charge in [-0.25, -0.2) is 0 Å². The Labute approximate surface area is 219 Å². The third kappa shape index (κ3) is 4.87. The molecule has 3 heterocycles. The SMILES string of the molecule is CCCN1C(=O)[C@@H]2[C@@H](CC(C(C)C)=C3[C@@H](CC/C(=C/c4cccc(O)c4)c4ccccn4)OC[C@@H]32)C1=O. The molecule has 0 unspecified atom stereocenters. The number of hydrogen-bond acceptors (Lipinski definition) is 5. The highest BCUT2D eigenvalue weighted by Crippen LogP contribution is 2.51. The number of rotatable bonds is 8. The van der Waals surface area contributed by atoms with Crippen molar-refractivity contribution < 1.29 is 19.4 Å². The van der Waals surface area contributed by atoms with Gasteiger partial charge in [0.05, 0.1) is 30.2 Å². The van der Waals surface area contributed by atoms with Crippen LogP contribution in [0, 0.1) is 23.7 Å². The first-order valence-corrected chi connectivity index (χ1v) is 13.5. The minimum absolute atomic E-state index is 0.00369. The summed E-state index contributed by atoms with van der Waals surface area (Å²) in [5.74, 6) is -0.0422. The number of aromatic hydroxyl groups is 1. The zero-order valence-electron chi connectivity index (χ0n) is 21.9. The molecule has 3 aliphatic rings. The van der Waals surface area contributed by atoms with Crippen LogP contribution in [0.2, 0.25) is 0 Å². The first-order chi connectivity index (χ1) is 17.9. The number of aromatic nitrogens is 1. The fraction of sp³-hybridized carbons (Fsp3) is 0.452. The van der Waals surface area contributed by atoms with E-state index in [0.717, 1.165) is 36.1 Å². The second-order valence-electron chi connectivity index (χ2n) is 10.7. The van der Waals surface area contributed by atoms with Gasteiger partial charge in [0, 0.05) is 18.7 Å². The number of nitrogens with zero attached hydrogens (tertiary/aromatic N) is 2. The number of fused-ring (bicyclic) bond motifs is 3. The van der Waals surface area contributed by atoms with Gasteiger partial charge in [-0.2, -0.15) is 0 Å². The van der Waals surface area contributed by atoms with Crippen molar-refractivity contribution in [3.8, 4) is 5.75 Å². The predicted octanol–water partition coefficient (Wildman–Crippen LogP) is 5.49. The first-order valence-electron chi connectivity index (χ1n) is 13.5. The number of phenols is 1. The van der Waals surface area contributed by atoms with Gasteiger partial charge < -0.3 is 9.84 Å². The van der Waals surface area contributed by atoms with Gasteiger partial charge in [-0.1, -0.05) is 44.5 Å². The zero-order valence-corrected chi connectivity index (χ0v) is 21.9. The number of likely N-dealkylation sites (tertiary alicyclic amines) is 1. The van der Waals surface area contributed by atoms with Crippen molar-refractivity contribution in [1.29, 1.82) is 0 Å². The summed E-state index contributed by atoms with van der Waals surface area (Å²) in [6.07, 6.45) is 6.72. The summed E-state index contributed by atoms with van der Waals surface area (Å²) in [6.45, 7) is 7.36. The lowest BCUT2D eigenvalue weighted by Gasteiger charge is -2.33. The van der Waals surface area contributed by atoms with E-state index in [-0.39, 0.29) is 41.4 Å². The minimum atomic E-state index is -0.292. The van der Waals surface area contributed by atoms with Crippen molar-refractivity contribution in [2.75, 3.05) is 13.2 Å². The average molecular weight is 501 g/mol. The van der Waals surface area contributed by atoms with Crippen molar-refractivity contribution in [1.82, 2.24) is 9.88 Å². The van der Waals surface area contributed by atoms with Crippen LogP contribution >= 0.6 is 0 Å². The number of allylic oxidation sites excluding steroid dienone is 2. The molecule has 2 fully saturated rings. The summed E-state index contributed by atoms with van der Waals surface area (Å²) >= 11 is 0. The van der Waals surface area contributed by atoms with E-state index in [9.17, 15) is 14.7 Å². The molecule has 0 spiro atoms. The molecule has 0 saturated carbocycles. The van der Waals surface area contributed by atoms with E-state index >= 15 is 0 Å². The van der Waals surface area contributed by atoms with Gasteiger partial charge in [0.2, 0.25) is 11.8 Å². The van der Waals surface area contributed by atoms with Crippen LogP contribution in [0.4, 0.5) is 0 Å². The third-order valence-corrected chi connectivity index (χ3v) is 8.06. The zero-order chi connectivity index (χ0) is 26.1. The number of phenolic OH excluding ortho intramolecular Hbond substituents is 1. The number of carbonyl (C=O) groups excluding carboxylic acids is 2. The molecule has 2 aliphatic heterocycles. The molecule has 2 saturated heterocycles. The summed E-state index contributed by atoms with van der Waals surface area (Å²) in [4.78, 5) is 32.6. The normalized spacial score (nSPS) is 25.7. The molecule has 6 nitrogen and oxygen atoms in total. The molecule has 1 aliphatic carbocycles. The fourth-order valence-corrected chi connectivity index (χ4v) is 6.40. The molecular formula is C31H36N2O4. The number of pyridine rings is 1. The number of imide groups is 1. The average Bonchev–Trinajstić information content (AvgIpc) is 3.41. The Morgan fingerprint density at radius 3 is 2.70 bits per heavy atom. The van der Waals surface area contributed by atoms with Gasteiger partial charge in [0.1, 0.15) is 5.75 Å². The van der Waals surface area contributed by atoms with Gasteiger partial charge in [-0.3, -0.25) is 19.5 Å². The Morgan fingerprint density at radius 1 is 1.16 bits per heavy atom. The molecule has 1 N–H and O–H groups in total. The van der Waals surface area contributed by atoms with E-state index < -0.39 is 0 Å². The lowest BCUT2D eigenvalue weighted by atomic mass is 9.67. The van der Waals surface area contributed by atoms with Crippen LogP contribution in [0.25, 0.3) is 11.6 Å².